The lowest BCUT2D eigenvalue weighted by Gasteiger charge is -2.07. The largest absolute Gasteiger partial charge is 0.373 e. The minimum atomic E-state index is -3.58. The molecule has 2 N–H and O–H groups in total. The summed E-state index contributed by atoms with van der Waals surface area (Å²) in [6.45, 7) is 0.113. The van der Waals surface area contributed by atoms with Crippen molar-refractivity contribution >= 4 is 15.8 Å². The fraction of sp³-hybridized carbons (Fsp3) is 0.182. The smallest absolute Gasteiger partial charge is 0.241 e. The van der Waals surface area contributed by atoms with Crippen molar-refractivity contribution in [1.29, 1.82) is 0 Å². The van der Waals surface area contributed by atoms with E-state index in [1.54, 1.807) is 19.3 Å². The van der Waals surface area contributed by atoms with E-state index in [1.165, 1.54) is 24.7 Å². The van der Waals surface area contributed by atoms with Gasteiger partial charge in [-0.2, -0.15) is 0 Å². The molecule has 0 aliphatic heterocycles. The number of nitrogens with zero attached hydrogens (tertiary/aromatic N) is 3. The van der Waals surface area contributed by atoms with Gasteiger partial charge in [-0.05, 0) is 12.1 Å². The van der Waals surface area contributed by atoms with Gasteiger partial charge < -0.3 is 5.32 Å². The highest BCUT2D eigenvalue weighted by molar-refractivity contribution is 7.89. The summed E-state index contributed by atoms with van der Waals surface area (Å²) in [6.07, 6.45) is 4.36. The van der Waals surface area contributed by atoms with Crippen molar-refractivity contribution in [1.82, 2.24) is 19.7 Å². The van der Waals surface area contributed by atoms with Crippen LogP contribution in [0, 0.1) is 0 Å². The number of pyridine rings is 1. The average Bonchev–Trinajstić information content (AvgIpc) is 2.46. The van der Waals surface area contributed by atoms with Crippen molar-refractivity contribution in [2.45, 2.75) is 11.4 Å². The molecule has 0 aliphatic rings. The molecule has 0 aromatic carbocycles. The number of rotatable bonds is 5. The highest BCUT2D eigenvalue weighted by Crippen LogP contribution is 2.12. The van der Waals surface area contributed by atoms with Crippen molar-refractivity contribution in [3.8, 4) is 0 Å². The SMILES string of the molecule is CNc1cc(S(=O)(=O)NCc2ccncn2)ccn1. The molecule has 0 atom stereocenters. The average molecular weight is 279 g/mol. The quantitative estimate of drug-likeness (QED) is 0.822. The number of sulfonamides is 1. The molecular formula is C11H13N5O2S. The van der Waals surface area contributed by atoms with Crippen molar-refractivity contribution in [2.75, 3.05) is 12.4 Å². The van der Waals surface area contributed by atoms with Crippen LogP contribution in [0.1, 0.15) is 5.69 Å². The molecule has 0 radical (unpaired) electrons. The molecule has 8 heteroatoms. The van der Waals surface area contributed by atoms with Crippen LogP contribution in [-0.2, 0) is 16.6 Å². The maximum Gasteiger partial charge on any atom is 0.241 e. The minimum Gasteiger partial charge on any atom is -0.373 e. The molecule has 0 unspecified atom stereocenters. The van der Waals surface area contributed by atoms with E-state index < -0.39 is 10.0 Å². The van der Waals surface area contributed by atoms with E-state index in [0.717, 1.165) is 0 Å². The van der Waals surface area contributed by atoms with Gasteiger partial charge in [0.05, 0.1) is 17.1 Å². The van der Waals surface area contributed by atoms with Gasteiger partial charge in [0.15, 0.2) is 0 Å². The second-order valence-corrected chi connectivity index (χ2v) is 5.42. The number of anilines is 1. The molecule has 7 nitrogen and oxygen atoms in total. The highest BCUT2D eigenvalue weighted by atomic mass is 32.2. The molecule has 2 rings (SSSR count). The molecule has 0 aliphatic carbocycles. The third-order valence-corrected chi connectivity index (χ3v) is 3.78. The fourth-order valence-corrected chi connectivity index (χ4v) is 2.40. The zero-order valence-electron chi connectivity index (χ0n) is 10.2. The Balaban J connectivity index is 2.14. The molecule has 0 saturated carbocycles. The van der Waals surface area contributed by atoms with Gasteiger partial charge in [-0.15, -0.1) is 0 Å². The van der Waals surface area contributed by atoms with Gasteiger partial charge in [0.25, 0.3) is 0 Å². The van der Waals surface area contributed by atoms with E-state index in [1.807, 2.05) is 0 Å². The molecule has 2 heterocycles. The summed E-state index contributed by atoms with van der Waals surface area (Å²) in [4.78, 5) is 11.8. The van der Waals surface area contributed by atoms with Crippen LogP contribution in [0.4, 0.5) is 5.82 Å². The Labute approximate surface area is 111 Å². The maximum atomic E-state index is 12.1. The van der Waals surface area contributed by atoms with E-state index in [-0.39, 0.29) is 11.4 Å². The molecule has 0 fully saturated rings. The first-order valence-electron chi connectivity index (χ1n) is 5.50. The summed E-state index contributed by atoms with van der Waals surface area (Å²) in [5.74, 6) is 0.491. The normalized spacial score (nSPS) is 11.2. The van der Waals surface area contributed by atoms with Crippen LogP contribution < -0.4 is 10.0 Å². The van der Waals surface area contributed by atoms with E-state index in [0.29, 0.717) is 11.5 Å². The van der Waals surface area contributed by atoms with E-state index in [9.17, 15) is 8.42 Å². The zero-order chi connectivity index (χ0) is 13.7. The maximum absolute atomic E-state index is 12.1. The summed E-state index contributed by atoms with van der Waals surface area (Å²) in [5.41, 5.74) is 0.599. The Morgan fingerprint density at radius 3 is 2.74 bits per heavy atom. The monoisotopic (exact) mass is 279 g/mol. The lowest BCUT2D eigenvalue weighted by Crippen LogP contribution is -2.23. The molecule has 0 amide bonds. The Morgan fingerprint density at radius 1 is 1.21 bits per heavy atom. The van der Waals surface area contributed by atoms with Gasteiger partial charge in [0.2, 0.25) is 10.0 Å². The lowest BCUT2D eigenvalue weighted by molar-refractivity contribution is 0.580. The molecule has 2 aromatic rings. The molecule has 0 spiro atoms. The molecule has 100 valence electrons. The van der Waals surface area contributed by atoms with Crippen LogP contribution in [0.5, 0.6) is 0 Å². The van der Waals surface area contributed by atoms with Gasteiger partial charge in [0, 0.05) is 25.5 Å². The van der Waals surface area contributed by atoms with Gasteiger partial charge in [-0.3, -0.25) is 0 Å². The first kappa shape index (κ1) is 13.4. The van der Waals surface area contributed by atoms with Crippen molar-refractivity contribution in [2.24, 2.45) is 0 Å². The number of aromatic nitrogens is 3. The summed E-state index contributed by atoms with van der Waals surface area (Å²) in [6, 6.07) is 4.54. The van der Waals surface area contributed by atoms with Crippen molar-refractivity contribution in [3.05, 3.63) is 42.6 Å². The second kappa shape index (κ2) is 5.72. The van der Waals surface area contributed by atoms with Crippen molar-refractivity contribution in [3.63, 3.8) is 0 Å². The Hall–Kier alpha value is -2.06. The van der Waals surface area contributed by atoms with Crippen LogP contribution in [0.15, 0.2) is 41.8 Å². The summed E-state index contributed by atoms with van der Waals surface area (Å²) < 4.78 is 26.6. The first-order valence-corrected chi connectivity index (χ1v) is 6.98. The van der Waals surface area contributed by atoms with Gasteiger partial charge >= 0.3 is 0 Å². The molecule has 2 aromatic heterocycles. The third kappa shape index (κ3) is 3.46. The topological polar surface area (TPSA) is 96.9 Å². The number of hydrogen-bond acceptors (Lipinski definition) is 6. The third-order valence-electron chi connectivity index (χ3n) is 2.38. The standard InChI is InChI=1S/C11H13N5O2S/c1-12-11-6-10(3-5-14-11)19(17,18)16-7-9-2-4-13-8-15-9/h2-6,8,16H,7H2,1H3,(H,12,14). The number of hydrogen-bond donors (Lipinski definition) is 2. The van der Waals surface area contributed by atoms with Crippen LogP contribution >= 0.6 is 0 Å². The van der Waals surface area contributed by atoms with Crippen LogP contribution in [0.25, 0.3) is 0 Å². The van der Waals surface area contributed by atoms with Gasteiger partial charge in [0.1, 0.15) is 12.1 Å². The first-order chi connectivity index (χ1) is 9.12. The van der Waals surface area contributed by atoms with Gasteiger partial charge in [-0.1, -0.05) is 0 Å². The van der Waals surface area contributed by atoms with E-state index >= 15 is 0 Å². The molecule has 19 heavy (non-hydrogen) atoms. The van der Waals surface area contributed by atoms with Gasteiger partial charge in [-0.25, -0.2) is 28.1 Å². The Morgan fingerprint density at radius 2 is 2.05 bits per heavy atom. The lowest BCUT2D eigenvalue weighted by atomic mass is 10.4. The van der Waals surface area contributed by atoms with E-state index in [4.69, 9.17) is 0 Å². The van der Waals surface area contributed by atoms with Crippen LogP contribution in [0.2, 0.25) is 0 Å². The summed E-state index contributed by atoms with van der Waals surface area (Å²) in [7, 11) is -1.91. The second-order valence-electron chi connectivity index (χ2n) is 3.65. The molecular weight excluding hydrogens is 266 g/mol. The Bertz CT molecular complexity index is 645. The van der Waals surface area contributed by atoms with E-state index in [2.05, 4.69) is 25.0 Å². The zero-order valence-corrected chi connectivity index (χ0v) is 11.1. The Kier molecular flexibility index (Phi) is 4.03. The number of nitrogens with one attached hydrogen (secondary N) is 2. The minimum absolute atomic E-state index is 0.113. The fourth-order valence-electron chi connectivity index (χ4n) is 1.39. The van der Waals surface area contributed by atoms with Crippen LogP contribution in [-0.4, -0.2) is 30.4 Å². The predicted molar refractivity (Wildman–Crippen MR) is 69.8 cm³/mol. The van der Waals surface area contributed by atoms with Crippen molar-refractivity contribution < 1.29 is 8.42 Å². The summed E-state index contributed by atoms with van der Waals surface area (Å²) >= 11 is 0. The summed E-state index contributed by atoms with van der Waals surface area (Å²) in [5, 5.41) is 2.79. The highest BCUT2D eigenvalue weighted by Gasteiger charge is 2.14. The molecule has 0 saturated heterocycles. The van der Waals surface area contributed by atoms with Crippen LogP contribution in [0.3, 0.4) is 0 Å². The predicted octanol–water partition coefficient (Wildman–Crippen LogP) is 0.392. The molecule has 0 bridgehead atoms.